The maximum absolute atomic E-state index is 2.26. The molecule has 0 heteroatoms. The lowest BCUT2D eigenvalue weighted by Crippen LogP contribution is -1.73. The molecule has 0 bridgehead atoms. The first-order valence-corrected chi connectivity index (χ1v) is 5.40. The quantitative estimate of drug-likeness (QED) is 0.404. The summed E-state index contributed by atoms with van der Waals surface area (Å²) in [5, 5.41) is 0. The summed E-state index contributed by atoms with van der Waals surface area (Å²) in [5.74, 6) is 0. The highest BCUT2D eigenvalue weighted by Gasteiger charge is 1.83. The predicted molar refractivity (Wildman–Crippen MR) is 59.5 cm³/mol. The molecule has 0 spiro atoms. The molecule has 0 nitrogen and oxygen atoms in total. The van der Waals surface area contributed by atoms with Crippen LogP contribution in [0, 0.1) is 0 Å². The second-order valence-electron chi connectivity index (χ2n) is 3.08. The summed E-state index contributed by atoms with van der Waals surface area (Å²) in [7, 11) is 0. The Labute approximate surface area is 79.1 Å². The third-order valence-electron chi connectivity index (χ3n) is 1.79. The summed E-state index contributed by atoms with van der Waals surface area (Å²) in [6.45, 7) is 8.51. The third-order valence-corrected chi connectivity index (χ3v) is 1.79. The number of allylic oxidation sites excluding steroid dienone is 2. The fourth-order valence-electron chi connectivity index (χ4n) is 0.854. The van der Waals surface area contributed by atoms with Gasteiger partial charge in [-0.05, 0) is 13.8 Å². The van der Waals surface area contributed by atoms with Gasteiger partial charge < -0.3 is 0 Å². The second-order valence-corrected chi connectivity index (χ2v) is 3.08. The van der Waals surface area contributed by atoms with Gasteiger partial charge in [-0.15, -0.1) is 0 Å². The summed E-state index contributed by atoms with van der Waals surface area (Å²) in [6.07, 6.45) is 12.5. The molecule has 74 valence electrons. The molecular formula is C12H26. The Kier molecular flexibility index (Phi) is 20.2. The lowest BCUT2D eigenvalue weighted by atomic mass is 10.1. The molecule has 0 N–H and O–H groups in total. The molecule has 0 unspecified atom stereocenters. The molecule has 0 aliphatic heterocycles. The molecule has 0 heterocycles. The van der Waals surface area contributed by atoms with Crippen LogP contribution in [-0.4, -0.2) is 0 Å². The van der Waals surface area contributed by atoms with Crippen molar-refractivity contribution in [2.24, 2.45) is 0 Å². The van der Waals surface area contributed by atoms with E-state index < -0.39 is 0 Å². The van der Waals surface area contributed by atoms with Crippen molar-refractivity contribution >= 4 is 0 Å². The van der Waals surface area contributed by atoms with Gasteiger partial charge in [-0.25, -0.2) is 0 Å². The smallest absolute Gasteiger partial charge is 0.0470 e. The maximum Gasteiger partial charge on any atom is -0.0470 e. The Morgan fingerprint density at radius 3 is 1.17 bits per heavy atom. The average Bonchev–Trinajstić information content (AvgIpc) is 2.13. The normalized spacial score (nSPS) is 9.67. The fourth-order valence-corrected chi connectivity index (χ4v) is 0.854. The summed E-state index contributed by atoms with van der Waals surface area (Å²) < 4.78 is 0. The van der Waals surface area contributed by atoms with E-state index in [2.05, 4.69) is 13.8 Å². The van der Waals surface area contributed by atoms with Crippen molar-refractivity contribution in [1.82, 2.24) is 0 Å². The van der Waals surface area contributed by atoms with E-state index in [1.807, 2.05) is 26.0 Å². The minimum absolute atomic E-state index is 1.36. The maximum atomic E-state index is 2.26. The molecule has 0 fully saturated rings. The van der Waals surface area contributed by atoms with Crippen LogP contribution in [0.2, 0.25) is 0 Å². The van der Waals surface area contributed by atoms with Crippen LogP contribution in [0.15, 0.2) is 12.2 Å². The topological polar surface area (TPSA) is 0 Å². The van der Waals surface area contributed by atoms with Crippen LogP contribution in [0.3, 0.4) is 0 Å². The van der Waals surface area contributed by atoms with E-state index in [4.69, 9.17) is 0 Å². The molecule has 0 aromatic carbocycles. The molecule has 0 aromatic heterocycles. The van der Waals surface area contributed by atoms with Gasteiger partial charge in [-0.3, -0.25) is 0 Å². The van der Waals surface area contributed by atoms with Crippen LogP contribution in [0.1, 0.15) is 66.2 Å². The van der Waals surface area contributed by atoms with E-state index in [9.17, 15) is 0 Å². The Hall–Kier alpha value is -0.260. The number of rotatable bonds is 5. The Bertz CT molecular complexity index is 62.1. The van der Waals surface area contributed by atoms with Crippen molar-refractivity contribution < 1.29 is 0 Å². The van der Waals surface area contributed by atoms with Gasteiger partial charge in [-0.2, -0.15) is 0 Å². The molecule has 0 saturated carbocycles. The van der Waals surface area contributed by atoms with E-state index in [0.717, 1.165) is 0 Å². The van der Waals surface area contributed by atoms with Crippen molar-refractivity contribution in [3.63, 3.8) is 0 Å². The van der Waals surface area contributed by atoms with E-state index in [0.29, 0.717) is 0 Å². The zero-order chi connectivity index (χ0) is 9.66. The highest BCUT2D eigenvalue weighted by Crippen LogP contribution is 2.03. The Morgan fingerprint density at radius 1 is 0.667 bits per heavy atom. The van der Waals surface area contributed by atoms with E-state index >= 15 is 0 Å². The first-order valence-electron chi connectivity index (χ1n) is 5.40. The second kappa shape index (κ2) is 17.0. The van der Waals surface area contributed by atoms with Gasteiger partial charge >= 0.3 is 0 Å². The molecule has 0 saturated heterocycles. The van der Waals surface area contributed by atoms with Crippen molar-refractivity contribution in [3.8, 4) is 0 Å². The van der Waals surface area contributed by atoms with E-state index in [-0.39, 0.29) is 0 Å². The fraction of sp³-hybridized carbons (Fsp3) is 0.833. The minimum atomic E-state index is 1.36. The monoisotopic (exact) mass is 170 g/mol. The first kappa shape index (κ1) is 14.3. The van der Waals surface area contributed by atoms with Gasteiger partial charge in [0.05, 0.1) is 0 Å². The largest absolute Gasteiger partial charge is 0.0919 e. The number of unbranched alkanes of at least 4 members (excludes halogenated alkanes) is 5. The van der Waals surface area contributed by atoms with Crippen molar-refractivity contribution in [2.45, 2.75) is 66.2 Å². The van der Waals surface area contributed by atoms with Crippen LogP contribution in [0.4, 0.5) is 0 Å². The van der Waals surface area contributed by atoms with Gasteiger partial charge in [0.25, 0.3) is 0 Å². The van der Waals surface area contributed by atoms with Crippen molar-refractivity contribution in [2.75, 3.05) is 0 Å². The summed E-state index contributed by atoms with van der Waals surface area (Å²) in [5.41, 5.74) is 0. The third kappa shape index (κ3) is 22.6. The molecule has 0 aliphatic rings. The summed E-state index contributed by atoms with van der Waals surface area (Å²) in [4.78, 5) is 0. The average molecular weight is 170 g/mol. The SMILES string of the molecule is C/C=C\C.CCCCCCCC. The molecule has 0 amide bonds. The molecule has 12 heavy (non-hydrogen) atoms. The minimum Gasteiger partial charge on any atom is -0.0919 e. The zero-order valence-corrected chi connectivity index (χ0v) is 9.40. The van der Waals surface area contributed by atoms with Gasteiger partial charge in [0.1, 0.15) is 0 Å². The molecule has 0 aliphatic carbocycles. The van der Waals surface area contributed by atoms with Crippen molar-refractivity contribution in [1.29, 1.82) is 0 Å². The van der Waals surface area contributed by atoms with E-state index in [1.54, 1.807) is 0 Å². The molecular weight excluding hydrogens is 144 g/mol. The van der Waals surface area contributed by atoms with Gasteiger partial charge in [0.15, 0.2) is 0 Å². The number of hydrogen-bond acceptors (Lipinski definition) is 0. The molecule has 0 rings (SSSR count). The van der Waals surface area contributed by atoms with Crippen LogP contribution in [0.5, 0.6) is 0 Å². The van der Waals surface area contributed by atoms with Crippen LogP contribution in [0.25, 0.3) is 0 Å². The Morgan fingerprint density at radius 2 is 1.00 bits per heavy atom. The van der Waals surface area contributed by atoms with Crippen LogP contribution >= 0.6 is 0 Å². The highest BCUT2D eigenvalue weighted by atomic mass is 13.9. The first-order chi connectivity index (χ1) is 5.83. The predicted octanol–water partition coefficient (Wildman–Crippen LogP) is 4.95. The highest BCUT2D eigenvalue weighted by molar-refractivity contribution is 4.68. The Balaban J connectivity index is 0. The van der Waals surface area contributed by atoms with Crippen LogP contribution < -0.4 is 0 Å². The van der Waals surface area contributed by atoms with Crippen molar-refractivity contribution in [3.05, 3.63) is 12.2 Å². The lowest BCUT2D eigenvalue weighted by Gasteiger charge is -1.93. The summed E-state index contributed by atoms with van der Waals surface area (Å²) in [6, 6.07) is 0. The molecule has 0 radical (unpaired) electrons. The summed E-state index contributed by atoms with van der Waals surface area (Å²) >= 11 is 0. The number of hydrogen-bond donors (Lipinski definition) is 0. The molecule has 0 atom stereocenters. The molecule has 0 aromatic rings. The van der Waals surface area contributed by atoms with E-state index in [1.165, 1.54) is 38.5 Å². The zero-order valence-electron chi connectivity index (χ0n) is 9.40. The van der Waals surface area contributed by atoms with Gasteiger partial charge in [0.2, 0.25) is 0 Å². The standard InChI is InChI=1S/C8H18.C4H8/c1-3-5-7-8-6-4-2;1-3-4-2/h3-8H2,1-2H3;3-4H,1-2H3/b;4-3-. The van der Waals surface area contributed by atoms with Crippen LogP contribution in [-0.2, 0) is 0 Å². The lowest BCUT2D eigenvalue weighted by molar-refractivity contribution is 0.624. The van der Waals surface area contributed by atoms with Gasteiger partial charge in [-0.1, -0.05) is 64.5 Å². The van der Waals surface area contributed by atoms with Gasteiger partial charge in [0, 0.05) is 0 Å².